The number of carbonyl (C=O) groups is 1. The average molecular weight is 343 g/mol. The molecule has 1 fully saturated rings. The number of anilines is 1. The quantitative estimate of drug-likeness (QED) is 0.640. The van der Waals surface area contributed by atoms with Gasteiger partial charge in [-0.1, -0.05) is 0 Å². The Bertz CT molecular complexity index is 759. The molecular weight excluding hydrogens is 326 g/mol. The Morgan fingerprint density at radius 2 is 1.96 bits per heavy atom. The van der Waals surface area contributed by atoms with E-state index in [0.717, 1.165) is 18.9 Å². The molecule has 1 amide bonds. The van der Waals surface area contributed by atoms with Gasteiger partial charge in [0.2, 0.25) is 0 Å². The summed E-state index contributed by atoms with van der Waals surface area (Å²) in [5.74, 6) is 0.965. The molecule has 1 saturated heterocycles. The highest BCUT2D eigenvalue weighted by Gasteiger charge is 2.14. The molecule has 0 saturated carbocycles. The van der Waals surface area contributed by atoms with E-state index < -0.39 is 4.92 Å². The van der Waals surface area contributed by atoms with Crippen molar-refractivity contribution < 1.29 is 14.5 Å². The molecule has 9 nitrogen and oxygen atoms in total. The number of benzene rings is 1. The highest BCUT2D eigenvalue weighted by molar-refractivity contribution is 5.94. The number of nitro groups is 1. The number of morpholine rings is 1. The van der Waals surface area contributed by atoms with Crippen LogP contribution in [-0.4, -0.2) is 47.1 Å². The van der Waals surface area contributed by atoms with Crippen molar-refractivity contribution in [3.05, 3.63) is 58.0 Å². The maximum Gasteiger partial charge on any atom is 0.269 e. The van der Waals surface area contributed by atoms with Crippen molar-refractivity contribution in [1.29, 1.82) is 0 Å². The minimum Gasteiger partial charge on any atom is -0.378 e. The largest absolute Gasteiger partial charge is 0.378 e. The van der Waals surface area contributed by atoms with Gasteiger partial charge < -0.3 is 15.0 Å². The summed E-state index contributed by atoms with van der Waals surface area (Å²) >= 11 is 0. The van der Waals surface area contributed by atoms with Crippen molar-refractivity contribution in [3.8, 4) is 0 Å². The lowest BCUT2D eigenvalue weighted by molar-refractivity contribution is -0.384. The number of aromatic nitrogens is 2. The molecule has 0 atom stereocenters. The minimum atomic E-state index is -0.507. The topological polar surface area (TPSA) is 110 Å². The second-order valence-electron chi connectivity index (χ2n) is 5.42. The molecule has 1 aliphatic rings. The van der Waals surface area contributed by atoms with Gasteiger partial charge in [-0.05, 0) is 18.2 Å². The van der Waals surface area contributed by atoms with E-state index in [9.17, 15) is 14.9 Å². The third kappa shape index (κ3) is 4.27. The first-order valence-electron chi connectivity index (χ1n) is 7.81. The number of nitrogens with one attached hydrogen (secondary N) is 1. The summed E-state index contributed by atoms with van der Waals surface area (Å²) in [4.78, 5) is 33.0. The molecule has 0 spiro atoms. The molecule has 25 heavy (non-hydrogen) atoms. The standard InChI is InChI=1S/C16H17N5O4/c22-16(12-1-3-13(4-2-12)21(23)24)18-11-14-17-6-5-15(19-14)20-7-9-25-10-8-20/h1-6H,7-11H2,(H,18,22). The molecule has 1 aromatic heterocycles. The summed E-state index contributed by atoms with van der Waals surface area (Å²) in [6.07, 6.45) is 1.66. The van der Waals surface area contributed by atoms with E-state index in [1.54, 1.807) is 6.20 Å². The van der Waals surface area contributed by atoms with Gasteiger partial charge in [-0.25, -0.2) is 9.97 Å². The van der Waals surface area contributed by atoms with E-state index in [2.05, 4.69) is 20.2 Å². The Morgan fingerprint density at radius 3 is 2.64 bits per heavy atom. The highest BCUT2D eigenvalue weighted by atomic mass is 16.6. The lowest BCUT2D eigenvalue weighted by Gasteiger charge is -2.27. The lowest BCUT2D eigenvalue weighted by Crippen LogP contribution is -2.37. The number of hydrogen-bond acceptors (Lipinski definition) is 7. The van der Waals surface area contributed by atoms with Crippen LogP contribution in [0.4, 0.5) is 11.5 Å². The van der Waals surface area contributed by atoms with E-state index in [0.29, 0.717) is 24.6 Å². The van der Waals surface area contributed by atoms with Gasteiger partial charge in [0.05, 0.1) is 24.7 Å². The van der Waals surface area contributed by atoms with Gasteiger partial charge in [-0.2, -0.15) is 0 Å². The van der Waals surface area contributed by atoms with Gasteiger partial charge in [0.1, 0.15) is 11.6 Å². The highest BCUT2D eigenvalue weighted by Crippen LogP contribution is 2.13. The van der Waals surface area contributed by atoms with Crippen molar-refractivity contribution in [1.82, 2.24) is 15.3 Å². The predicted molar refractivity (Wildman–Crippen MR) is 89.3 cm³/mol. The SMILES string of the molecule is O=C(NCc1nccc(N2CCOCC2)n1)c1ccc([N+](=O)[O-])cc1. The molecule has 0 aliphatic carbocycles. The maximum absolute atomic E-state index is 12.1. The number of amides is 1. The molecular formula is C16H17N5O4. The van der Waals surface area contributed by atoms with Crippen LogP contribution in [0, 0.1) is 10.1 Å². The average Bonchev–Trinajstić information content (AvgIpc) is 2.67. The Hall–Kier alpha value is -3.07. The van der Waals surface area contributed by atoms with Gasteiger partial charge in [0, 0.05) is 37.0 Å². The molecule has 1 aliphatic heterocycles. The van der Waals surface area contributed by atoms with Gasteiger partial charge in [-0.3, -0.25) is 14.9 Å². The molecule has 0 bridgehead atoms. The van der Waals surface area contributed by atoms with Crippen LogP contribution in [0.1, 0.15) is 16.2 Å². The number of ether oxygens (including phenoxy) is 1. The Labute approximate surface area is 143 Å². The lowest BCUT2D eigenvalue weighted by atomic mass is 10.2. The number of carbonyl (C=O) groups excluding carboxylic acids is 1. The second-order valence-corrected chi connectivity index (χ2v) is 5.42. The van der Waals surface area contributed by atoms with Gasteiger partial charge in [0.15, 0.2) is 0 Å². The maximum atomic E-state index is 12.1. The molecule has 2 heterocycles. The van der Waals surface area contributed by atoms with Crippen LogP contribution in [0.2, 0.25) is 0 Å². The number of nitro benzene ring substituents is 1. The molecule has 1 N–H and O–H groups in total. The summed E-state index contributed by atoms with van der Waals surface area (Å²) in [5.41, 5.74) is 0.285. The summed E-state index contributed by atoms with van der Waals surface area (Å²) in [5, 5.41) is 13.3. The molecule has 3 rings (SSSR count). The first kappa shape index (κ1) is 16.8. The van der Waals surface area contributed by atoms with E-state index in [4.69, 9.17) is 4.74 Å². The normalized spacial score (nSPS) is 14.2. The smallest absolute Gasteiger partial charge is 0.269 e. The molecule has 1 aromatic carbocycles. The first-order valence-corrected chi connectivity index (χ1v) is 7.81. The molecule has 9 heteroatoms. The number of nitrogens with zero attached hydrogens (tertiary/aromatic N) is 4. The van der Waals surface area contributed by atoms with E-state index in [1.807, 2.05) is 6.07 Å². The number of rotatable bonds is 5. The van der Waals surface area contributed by atoms with Crippen LogP contribution >= 0.6 is 0 Å². The summed E-state index contributed by atoms with van der Waals surface area (Å²) < 4.78 is 5.32. The Balaban J connectivity index is 1.61. The van der Waals surface area contributed by atoms with Gasteiger partial charge >= 0.3 is 0 Å². The fourth-order valence-corrected chi connectivity index (χ4v) is 2.44. The van der Waals surface area contributed by atoms with Crippen LogP contribution in [0.5, 0.6) is 0 Å². The minimum absolute atomic E-state index is 0.0573. The van der Waals surface area contributed by atoms with Crippen molar-refractivity contribution >= 4 is 17.4 Å². The predicted octanol–water partition coefficient (Wildman–Crippen LogP) is 1.15. The van der Waals surface area contributed by atoms with Crippen LogP contribution in [-0.2, 0) is 11.3 Å². The van der Waals surface area contributed by atoms with Gasteiger partial charge in [-0.15, -0.1) is 0 Å². The molecule has 0 radical (unpaired) electrons. The van der Waals surface area contributed by atoms with Crippen LogP contribution in [0.3, 0.4) is 0 Å². The third-order valence-corrected chi connectivity index (χ3v) is 3.77. The summed E-state index contributed by atoms with van der Waals surface area (Å²) in [6.45, 7) is 3.04. The van der Waals surface area contributed by atoms with Crippen LogP contribution in [0.15, 0.2) is 36.5 Å². The van der Waals surface area contributed by atoms with Crippen LogP contribution in [0.25, 0.3) is 0 Å². The Morgan fingerprint density at radius 1 is 1.24 bits per heavy atom. The second kappa shape index (κ2) is 7.67. The summed E-state index contributed by atoms with van der Waals surface area (Å²) in [7, 11) is 0. The third-order valence-electron chi connectivity index (χ3n) is 3.77. The van der Waals surface area contributed by atoms with Crippen molar-refractivity contribution in [2.45, 2.75) is 6.54 Å². The van der Waals surface area contributed by atoms with E-state index in [-0.39, 0.29) is 18.1 Å². The van der Waals surface area contributed by atoms with Crippen molar-refractivity contribution in [2.75, 3.05) is 31.2 Å². The van der Waals surface area contributed by atoms with Crippen molar-refractivity contribution in [2.24, 2.45) is 0 Å². The van der Waals surface area contributed by atoms with Crippen molar-refractivity contribution in [3.63, 3.8) is 0 Å². The Kier molecular flexibility index (Phi) is 5.14. The summed E-state index contributed by atoms with van der Waals surface area (Å²) in [6, 6.07) is 7.25. The van der Waals surface area contributed by atoms with E-state index in [1.165, 1.54) is 24.3 Å². The zero-order valence-electron chi connectivity index (χ0n) is 13.4. The zero-order valence-corrected chi connectivity index (χ0v) is 13.4. The van der Waals surface area contributed by atoms with Crippen LogP contribution < -0.4 is 10.2 Å². The molecule has 0 unspecified atom stereocenters. The fourth-order valence-electron chi connectivity index (χ4n) is 2.44. The first-order chi connectivity index (χ1) is 12.1. The zero-order chi connectivity index (χ0) is 17.6. The monoisotopic (exact) mass is 343 g/mol. The number of non-ortho nitro benzene ring substituents is 1. The van der Waals surface area contributed by atoms with Gasteiger partial charge in [0.25, 0.3) is 11.6 Å². The fraction of sp³-hybridized carbons (Fsp3) is 0.312. The van der Waals surface area contributed by atoms with E-state index >= 15 is 0 Å². The molecule has 130 valence electrons. The number of hydrogen-bond donors (Lipinski definition) is 1. The molecule has 2 aromatic rings.